The van der Waals surface area contributed by atoms with Crippen molar-refractivity contribution < 1.29 is 19.1 Å². The SMILES string of the molecule is Cc1cc(C(=O)Nc2cccc(C(=O)N(C)C)c2)c(C)n1-c1ccc2c(c1)OCCO2. The molecule has 0 radical (unpaired) electrons. The van der Waals surface area contributed by atoms with Crippen molar-refractivity contribution in [1.82, 2.24) is 9.47 Å². The smallest absolute Gasteiger partial charge is 0.257 e. The number of aryl methyl sites for hydroxylation is 1. The summed E-state index contributed by atoms with van der Waals surface area (Å²) in [6.45, 7) is 4.92. The predicted molar refractivity (Wildman–Crippen MR) is 119 cm³/mol. The minimum Gasteiger partial charge on any atom is -0.486 e. The molecule has 2 aromatic carbocycles. The standard InChI is InChI=1S/C24H25N3O4/c1-15-12-20(23(28)25-18-7-5-6-17(13-18)24(29)26(3)4)16(2)27(15)19-8-9-21-22(14-19)31-11-10-30-21/h5-9,12-14H,10-11H2,1-4H3,(H,25,28). The Hall–Kier alpha value is -3.74. The van der Waals surface area contributed by atoms with E-state index in [1.165, 1.54) is 4.90 Å². The molecule has 1 aliphatic rings. The van der Waals surface area contributed by atoms with Gasteiger partial charge in [-0.2, -0.15) is 0 Å². The molecule has 31 heavy (non-hydrogen) atoms. The van der Waals surface area contributed by atoms with E-state index in [9.17, 15) is 9.59 Å². The van der Waals surface area contributed by atoms with Gasteiger partial charge >= 0.3 is 0 Å². The summed E-state index contributed by atoms with van der Waals surface area (Å²) in [5.74, 6) is 1.08. The molecule has 160 valence electrons. The Balaban J connectivity index is 1.61. The van der Waals surface area contributed by atoms with Crippen molar-refractivity contribution in [3.8, 4) is 17.2 Å². The zero-order chi connectivity index (χ0) is 22.1. The van der Waals surface area contributed by atoms with Crippen LogP contribution in [0.1, 0.15) is 32.1 Å². The summed E-state index contributed by atoms with van der Waals surface area (Å²) in [7, 11) is 3.39. The van der Waals surface area contributed by atoms with E-state index in [2.05, 4.69) is 5.32 Å². The molecule has 0 atom stereocenters. The molecule has 0 bridgehead atoms. The van der Waals surface area contributed by atoms with E-state index in [0.29, 0.717) is 35.8 Å². The van der Waals surface area contributed by atoms with Crippen LogP contribution in [-0.4, -0.2) is 48.6 Å². The van der Waals surface area contributed by atoms with Crippen LogP contribution in [0.3, 0.4) is 0 Å². The van der Waals surface area contributed by atoms with Gasteiger partial charge in [-0.25, -0.2) is 0 Å². The van der Waals surface area contributed by atoms with Crippen LogP contribution >= 0.6 is 0 Å². The summed E-state index contributed by atoms with van der Waals surface area (Å²) >= 11 is 0. The maximum atomic E-state index is 13.0. The Labute approximate surface area is 181 Å². The number of anilines is 1. The van der Waals surface area contributed by atoms with Crippen molar-refractivity contribution in [2.24, 2.45) is 0 Å². The van der Waals surface area contributed by atoms with Crippen LogP contribution in [0, 0.1) is 13.8 Å². The number of carbonyl (C=O) groups excluding carboxylic acids is 2. The van der Waals surface area contributed by atoms with Crippen LogP contribution < -0.4 is 14.8 Å². The lowest BCUT2D eigenvalue weighted by Crippen LogP contribution is -2.22. The molecule has 1 aromatic heterocycles. The minimum absolute atomic E-state index is 0.118. The number of hydrogen-bond donors (Lipinski definition) is 1. The van der Waals surface area contributed by atoms with Crippen LogP contribution in [0.15, 0.2) is 48.5 Å². The first-order chi connectivity index (χ1) is 14.8. The molecule has 3 aromatic rings. The normalized spacial score (nSPS) is 12.4. The summed E-state index contributed by atoms with van der Waals surface area (Å²) in [6.07, 6.45) is 0. The average Bonchev–Trinajstić information content (AvgIpc) is 3.07. The van der Waals surface area contributed by atoms with Gasteiger partial charge in [0.1, 0.15) is 13.2 Å². The molecule has 0 spiro atoms. The van der Waals surface area contributed by atoms with Gasteiger partial charge in [0.2, 0.25) is 0 Å². The second-order valence-electron chi connectivity index (χ2n) is 7.68. The number of aromatic nitrogens is 1. The average molecular weight is 419 g/mol. The highest BCUT2D eigenvalue weighted by Crippen LogP contribution is 2.33. The second-order valence-corrected chi connectivity index (χ2v) is 7.68. The lowest BCUT2D eigenvalue weighted by atomic mass is 10.1. The van der Waals surface area contributed by atoms with E-state index >= 15 is 0 Å². The highest BCUT2D eigenvalue weighted by atomic mass is 16.6. The third-order valence-electron chi connectivity index (χ3n) is 5.23. The van der Waals surface area contributed by atoms with Gasteiger partial charge in [0, 0.05) is 48.5 Å². The van der Waals surface area contributed by atoms with E-state index in [1.54, 1.807) is 38.4 Å². The Morgan fingerprint density at radius 2 is 1.71 bits per heavy atom. The highest BCUT2D eigenvalue weighted by Gasteiger charge is 2.19. The molecule has 2 amide bonds. The number of nitrogens with zero attached hydrogens (tertiary/aromatic N) is 2. The molecule has 0 saturated carbocycles. The monoisotopic (exact) mass is 419 g/mol. The van der Waals surface area contributed by atoms with Crippen molar-refractivity contribution in [1.29, 1.82) is 0 Å². The van der Waals surface area contributed by atoms with Gasteiger partial charge < -0.3 is 24.3 Å². The first-order valence-electron chi connectivity index (χ1n) is 10.1. The Kier molecular flexibility index (Phi) is 5.42. The van der Waals surface area contributed by atoms with Crippen LogP contribution in [-0.2, 0) is 0 Å². The summed E-state index contributed by atoms with van der Waals surface area (Å²) in [5, 5.41) is 2.91. The molecule has 0 unspecified atom stereocenters. The Morgan fingerprint density at radius 1 is 0.968 bits per heavy atom. The van der Waals surface area contributed by atoms with Crippen molar-refractivity contribution in [3.05, 3.63) is 71.0 Å². The van der Waals surface area contributed by atoms with E-state index in [1.807, 2.05) is 42.7 Å². The quantitative estimate of drug-likeness (QED) is 0.698. The fourth-order valence-corrected chi connectivity index (χ4v) is 3.75. The van der Waals surface area contributed by atoms with Crippen molar-refractivity contribution in [2.75, 3.05) is 32.6 Å². The zero-order valence-electron chi connectivity index (χ0n) is 18.1. The number of benzene rings is 2. The largest absolute Gasteiger partial charge is 0.486 e. The predicted octanol–water partition coefficient (Wildman–Crippen LogP) is 3.82. The number of ether oxygens (including phenoxy) is 2. The summed E-state index contributed by atoms with van der Waals surface area (Å²) in [4.78, 5) is 26.7. The third kappa shape index (κ3) is 3.99. The van der Waals surface area contributed by atoms with E-state index in [0.717, 1.165) is 22.8 Å². The fourth-order valence-electron chi connectivity index (χ4n) is 3.75. The number of rotatable bonds is 4. The van der Waals surface area contributed by atoms with Gasteiger partial charge in [0.05, 0.1) is 5.56 Å². The molecule has 1 N–H and O–H groups in total. The zero-order valence-corrected chi connectivity index (χ0v) is 18.1. The highest BCUT2D eigenvalue weighted by molar-refractivity contribution is 6.06. The lowest BCUT2D eigenvalue weighted by molar-refractivity contribution is 0.0827. The first kappa shape index (κ1) is 20.5. The molecule has 2 heterocycles. The van der Waals surface area contributed by atoms with E-state index in [-0.39, 0.29) is 11.8 Å². The van der Waals surface area contributed by atoms with Gasteiger partial charge in [-0.05, 0) is 50.2 Å². The Bertz CT molecular complexity index is 1160. The lowest BCUT2D eigenvalue weighted by Gasteiger charge is -2.20. The molecular formula is C24H25N3O4. The molecule has 0 saturated heterocycles. The number of amides is 2. The number of nitrogens with one attached hydrogen (secondary N) is 1. The molecule has 0 aliphatic carbocycles. The molecule has 4 rings (SSSR count). The van der Waals surface area contributed by atoms with Gasteiger partial charge in [0.25, 0.3) is 11.8 Å². The summed E-state index contributed by atoms with van der Waals surface area (Å²) in [5.41, 5.74) is 4.29. The summed E-state index contributed by atoms with van der Waals surface area (Å²) < 4.78 is 13.3. The molecular weight excluding hydrogens is 394 g/mol. The fraction of sp³-hybridized carbons (Fsp3) is 0.250. The van der Waals surface area contributed by atoms with Gasteiger partial charge in [-0.15, -0.1) is 0 Å². The minimum atomic E-state index is -0.230. The van der Waals surface area contributed by atoms with Crippen LogP contribution in [0.2, 0.25) is 0 Å². The number of hydrogen-bond acceptors (Lipinski definition) is 4. The number of fused-ring (bicyclic) bond motifs is 1. The van der Waals surface area contributed by atoms with Crippen molar-refractivity contribution in [3.63, 3.8) is 0 Å². The van der Waals surface area contributed by atoms with E-state index in [4.69, 9.17) is 9.47 Å². The van der Waals surface area contributed by atoms with Crippen LogP contribution in [0.4, 0.5) is 5.69 Å². The van der Waals surface area contributed by atoms with Crippen molar-refractivity contribution >= 4 is 17.5 Å². The maximum absolute atomic E-state index is 13.0. The molecule has 7 heteroatoms. The third-order valence-corrected chi connectivity index (χ3v) is 5.23. The molecule has 7 nitrogen and oxygen atoms in total. The topological polar surface area (TPSA) is 72.8 Å². The molecule has 0 fully saturated rings. The number of carbonyl (C=O) groups is 2. The van der Waals surface area contributed by atoms with Crippen molar-refractivity contribution in [2.45, 2.75) is 13.8 Å². The van der Waals surface area contributed by atoms with Crippen LogP contribution in [0.25, 0.3) is 5.69 Å². The Morgan fingerprint density at radius 3 is 2.45 bits per heavy atom. The van der Waals surface area contributed by atoms with Gasteiger partial charge in [-0.3, -0.25) is 9.59 Å². The van der Waals surface area contributed by atoms with Crippen LogP contribution in [0.5, 0.6) is 11.5 Å². The van der Waals surface area contributed by atoms with Gasteiger partial charge in [0.15, 0.2) is 11.5 Å². The summed E-state index contributed by atoms with van der Waals surface area (Å²) in [6, 6.07) is 14.5. The maximum Gasteiger partial charge on any atom is 0.257 e. The first-order valence-corrected chi connectivity index (χ1v) is 10.1. The van der Waals surface area contributed by atoms with E-state index < -0.39 is 0 Å². The second kappa shape index (κ2) is 8.18. The molecule has 1 aliphatic heterocycles. The van der Waals surface area contributed by atoms with Gasteiger partial charge in [-0.1, -0.05) is 6.07 Å².